The summed E-state index contributed by atoms with van der Waals surface area (Å²) in [6.07, 6.45) is 1.11. The molecule has 184 valence electrons. The lowest BCUT2D eigenvalue weighted by atomic mass is 9.79. The largest absolute Gasteiger partial charge is 0.504 e. The maximum absolute atomic E-state index is 13.3. The number of benzene rings is 1. The van der Waals surface area contributed by atoms with Gasteiger partial charge in [-0.15, -0.1) is 0 Å². The smallest absolute Gasteiger partial charge is 0.309 e. The molecule has 3 N–H and O–H groups in total. The summed E-state index contributed by atoms with van der Waals surface area (Å²) in [5.74, 6) is -2.59. The zero-order chi connectivity index (χ0) is 25.1. The monoisotopic (exact) mass is 481 g/mol. The van der Waals surface area contributed by atoms with E-state index >= 15 is 0 Å². The average Bonchev–Trinajstić information content (AvgIpc) is 2.85. The van der Waals surface area contributed by atoms with Crippen LogP contribution in [0.25, 0.3) is 0 Å². The number of phenolic OH excluding ortho intramolecular Hbond substituents is 1. The third-order valence-corrected chi connectivity index (χ3v) is 6.31. The van der Waals surface area contributed by atoms with Gasteiger partial charge in [-0.25, -0.2) is 0 Å². The Morgan fingerprint density at radius 1 is 1.26 bits per heavy atom. The number of carbonyl (C=O) groups is 2. The minimum absolute atomic E-state index is 0.0850. The highest BCUT2D eigenvalue weighted by molar-refractivity contribution is 5.98. The molecule has 0 bridgehead atoms. The molecule has 11 heteroatoms. The zero-order valence-corrected chi connectivity index (χ0v) is 19.5. The number of phenols is 1. The van der Waals surface area contributed by atoms with Gasteiger partial charge in [0, 0.05) is 19.0 Å². The number of nitriles is 1. The van der Waals surface area contributed by atoms with E-state index in [1.165, 1.54) is 12.1 Å². The number of piperidine rings is 1. The van der Waals surface area contributed by atoms with E-state index in [9.17, 15) is 24.8 Å². The first kappa shape index (κ1) is 24.1. The summed E-state index contributed by atoms with van der Waals surface area (Å²) in [5.41, 5.74) is 0.160. The SMILES string of the molecule is CCOC(=O)C1CCN(c2nc3c(c(=O)[nH]2)C(c2ccc(O)c(OCC)c2)C(C#N)C(=O)N3)CC1. The molecule has 2 unspecified atom stereocenters. The molecule has 11 nitrogen and oxygen atoms in total. The fourth-order valence-electron chi connectivity index (χ4n) is 4.59. The van der Waals surface area contributed by atoms with Gasteiger partial charge in [0.15, 0.2) is 11.5 Å². The molecule has 1 aromatic carbocycles. The van der Waals surface area contributed by atoms with Crippen LogP contribution < -0.4 is 20.5 Å². The molecule has 1 fully saturated rings. The number of H-pyrrole nitrogens is 1. The number of hydrogen-bond donors (Lipinski definition) is 3. The third-order valence-electron chi connectivity index (χ3n) is 6.31. The van der Waals surface area contributed by atoms with Gasteiger partial charge < -0.3 is 24.8 Å². The second-order valence-electron chi connectivity index (χ2n) is 8.40. The van der Waals surface area contributed by atoms with E-state index in [0.29, 0.717) is 44.7 Å². The van der Waals surface area contributed by atoms with E-state index in [0.717, 1.165) is 0 Å². The number of rotatable bonds is 6. The van der Waals surface area contributed by atoms with Crippen LogP contribution in [-0.2, 0) is 14.3 Å². The molecule has 1 saturated heterocycles. The highest BCUT2D eigenvalue weighted by Crippen LogP contribution is 2.41. The predicted molar refractivity (Wildman–Crippen MR) is 125 cm³/mol. The fourth-order valence-corrected chi connectivity index (χ4v) is 4.59. The highest BCUT2D eigenvalue weighted by Gasteiger charge is 2.41. The van der Waals surface area contributed by atoms with Gasteiger partial charge in [0.05, 0.1) is 30.8 Å². The van der Waals surface area contributed by atoms with E-state index in [2.05, 4.69) is 15.3 Å². The number of nitrogens with zero attached hydrogens (tertiary/aromatic N) is 3. The van der Waals surface area contributed by atoms with Crippen molar-refractivity contribution >= 4 is 23.6 Å². The number of esters is 1. The van der Waals surface area contributed by atoms with Gasteiger partial charge in [-0.1, -0.05) is 6.07 Å². The summed E-state index contributed by atoms with van der Waals surface area (Å²) in [7, 11) is 0. The van der Waals surface area contributed by atoms with Crippen molar-refractivity contribution in [2.75, 3.05) is 36.5 Å². The Bertz CT molecular complexity index is 1230. The molecule has 2 aliphatic heterocycles. The maximum atomic E-state index is 13.3. The van der Waals surface area contributed by atoms with Crippen LogP contribution >= 0.6 is 0 Å². The summed E-state index contributed by atoms with van der Waals surface area (Å²) in [6.45, 7) is 5.13. The Morgan fingerprint density at radius 2 is 2.00 bits per heavy atom. The van der Waals surface area contributed by atoms with Crippen molar-refractivity contribution < 1.29 is 24.2 Å². The standard InChI is InChI=1S/C24H27N5O6/c1-3-34-17-11-14(5-6-16(17)30)18-15(12-25)21(31)26-20-19(18)22(32)28-24(27-20)29-9-7-13(8-10-29)23(33)35-4-2/h5-6,11,13,15,18,30H,3-4,7-10H2,1-2H3,(H2,26,27,28,31,32). The van der Waals surface area contributed by atoms with Gasteiger partial charge in [0.25, 0.3) is 5.56 Å². The summed E-state index contributed by atoms with van der Waals surface area (Å²) in [4.78, 5) is 47.2. The normalized spacial score (nSPS) is 19.9. The number of nitrogens with one attached hydrogen (secondary N) is 2. The number of amides is 1. The van der Waals surface area contributed by atoms with Gasteiger partial charge in [0.2, 0.25) is 11.9 Å². The highest BCUT2D eigenvalue weighted by atomic mass is 16.5. The first-order valence-corrected chi connectivity index (χ1v) is 11.6. The predicted octanol–water partition coefficient (Wildman–Crippen LogP) is 1.88. The van der Waals surface area contributed by atoms with Crippen molar-refractivity contribution in [3.8, 4) is 17.6 Å². The van der Waals surface area contributed by atoms with Crippen molar-refractivity contribution in [3.63, 3.8) is 0 Å². The molecule has 35 heavy (non-hydrogen) atoms. The Hall–Kier alpha value is -4.07. The lowest BCUT2D eigenvalue weighted by Gasteiger charge is -2.33. The summed E-state index contributed by atoms with van der Waals surface area (Å²) < 4.78 is 10.6. The van der Waals surface area contributed by atoms with Crippen LogP contribution in [0.4, 0.5) is 11.8 Å². The Labute approximate surface area is 201 Å². The summed E-state index contributed by atoms with van der Waals surface area (Å²) in [5, 5.41) is 22.4. The Kier molecular flexibility index (Phi) is 6.91. The van der Waals surface area contributed by atoms with Crippen molar-refractivity contribution in [3.05, 3.63) is 39.7 Å². The van der Waals surface area contributed by atoms with Gasteiger partial charge >= 0.3 is 5.97 Å². The first-order chi connectivity index (χ1) is 16.9. The van der Waals surface area contributed by atoms with Crippen LogP contribution in [0.5, 0.6) is 11.5 Å². The number of aromatic hydroxyl groups is 1. The number of aromatic nitrogens is 2. The van der Waals surface area contributed by atoms with Crippen LogP contribution in [0.3, 0.4) is 0 Å². The van der Waals surface area contributed by atoms with E-state index < -0.39 is 23.3 Å². The number of fused-ring (bicyclic) bond motifs is 1. The second kappa shape index (κ2) is 10.0. The van der Waals surface area contributed by atoms with Crippen LogP contribution in [0.2, 0.25) is 0 Å². The number of ether oxygens (including phenoxy) is 2. The van der Waals surface area contributed by atoms with Gasteiger partial charge in [-0.2, -0.15) is 10.2 Å². The number of aromatic amines is 1. The van der Waals surface area contributed by atoms with E-state index in [-0.39, 0.29) is 40.7 Å². The maximum Gasteiger partial charge on any atom is 0.309 e. The summed E-state index contributed by atoms with van der Waals surface area (Å²) >= 11 is 0. The van der Waals surface area contributed by atoms with Gasteiger partial charge in [-0.3, -0.25) is 19.4 Å². The molecule has 1 amide bonds. The fraction of sp³-hybridized carbons (Fsp3) is 0.458. The third kappa shape index (κ3) is 4.64. The molecule has 0 aliphatic carbocycles. The van der Waals surface area contributed by atoms with E-state index in [4.69, 9.17) is 9.47 Å². The van der Waals surface area contributed by atoms with Gasteiger partial charge in [-0.05, 0) is 44.4 Å². The quantitative estimate of drug-likeness (QED) is 0.524. The number of anilines is 2. The summed E-state index contributed by atoms with van der Waals surface area (Å²) in [6, 6.07) is 6.49. The second-order valence-corrected chi connectivity index (χ2v) is 8.40. The zero-order valence-electron chi connectivity index (χ0n) is 19.5. The minimum Gasteiger partial charge on any atom is -0.504 e. The van der Waals surface area contributed by atoms with Crippen molar-refractivity contribution in [1.29, 1.82) is 5.26 Å². The lowest BCUT2D eigenvalue weighted by molar-refractivity contribution is -0.148. The lowest BCUT2D eigenvalue weighted by Crippen LogP contribution is -2.41. The Balaban J connectivity index is 1.68. The van der Waals surface area contributed by atoms with Crippen molar-refractivity contribution in [2.24, 2.45) is 11.8 Å². The molecule has 2 aliphatic rings. The topological polar surface area (TPSA) is 158 Å². The molecule has 0 spiro atoms. The van der Waals surface area contributed by atoms with E-state index in [1.807, 2.05) is 11.0 Å². The molecule has 3 heterocycles. The average molecular weight is 482 g/mol. The van der Waals surface area contributed by atoms with Crippen molar-refractivity contribution in [2.45, 2.75) is 32.6 Å². The Morgan fingerprint density at radius 3 is 2.66 bits per heavy atom. The van der Waals surface area contributed by atoms with Crippen LogP contribution in [0.1, 0.15) is 43.7 Å². The van der Waals surface area contributed by atoms with Crippen LogP contribution in [-0.4, -0.2) is 53.3 Å². The number of hydrogen-bond acceptors (Lipinski definition) is 9. The van der Waals surface area contributed by atoms with Crippen LogP contribution in [0, 0.1) is 23.2 Å². The van der Waals surface area contributed by atoms with Crippen LogP contribution in [0.15, 0.2) is 23.0 Å². The molecule has 2 atom stereocenters. The molecule has 0 saturated carbocycles. The molecular formula is C24H27N5O6. The number of carbonyl (C=O) groups excluding carboxylic acids is 2. The molecule has 2 aromatic rings. The van der Waals surface area contributed by atoms with E-state index in [1.54, 1.807) is 19.9 Å². The van der Waals surface area contributed by atoms with Crippen molar-refractivity contribution in [1.82, 2.24) is 9.97 Å². The van der Waals surface area contributed by atoms with Gasteiger partial charge in [0.1, 0.15) is 11.7 Å². The molecular weight excluding hydrogens is 454 g/mol. The molecule has 4 rings (SSSR count). The minimum atomic E-state index is -1.17. The molecule has 1 aromatic heterocycles. The first-order valence-electron chi connectivity index (χ1n) is 11.6. The molecule has 0 radical (unpaired) electrons.